The number of nitrogens with zero attached hydrogens (tertiary/aromatic N) is 1. The van der Waals surface area contributed by atoms with Gasteiger partial charge in [0.2, 0.25) is 0 Å². The second-order valence-corrected chi connectivity index (χ2v) is 6.86. The van der Waals surface area contributed by atoms with Gasteiger partial charge in [-0.1, -0.05) is 19.3 Å². The van der Waals surface area contributed by atoms with E-state index < -0.39 is 15.8 Å². The van der Waals surface area contributed by atoms with E-state index in [1.165, 1.54) is 6.42 Å². The maximum Gasteiger partial charge on any atom is 0.0370 e. The summed E-state index contributed by atoms with van der Waals surface area (Å²) in [6, 6.07) is 0.465. The Morgan fingerprint density at radius 1 is 1.19 bits per heavy atom. The fraction of sp³-hybridized carbons (Fsp3) is 1.00. The minimum atomic E-state index is -1.90. The second kappa shape index (κ2) is 4.75. The molecule has 0 saturated heterocycles. The monoisotopic (exact) mass is 244 g/mol. The van der Waals surface area contributed by atoms with Crippen molar-refractivity contribution in [3.8, 4) is 0 Å². The van der Waals surface area contributed by atoms with E-state index in [0.29, 0.717) is 12.0 Å². The van der Waals surface area contributed by atoms with Crippen LogP contribution in [0.2, 0.25) is 0 Å². The van der Waals surface area contributed by atoms with Gasteiger partial charge in [-0.3, -0.25) is 4.21 Å². The van der Waals surface area contributed by atoms with Gasteiger partial charge in [-0.15, -0.1) is 0 Å². The van der Waals surface area contributed by atoms with E-state index in [1.54, 1.807) is 0 Å². The summed E-state index contributed by atoms with van der Waals surface area (Å²) in [5, 5.41) is 0. The molecular weight excluding hydrogens is 222 g/mol. The summed E-state index contributed by atoms with van der Waals surface area (Å²) in [4.78, 5) is 2.23. The molecule has 0 radical (unpaired) electrons. The average Bonchev–Trinajstić information content (AvgIpc) is 2.27. The lowest BCUT2D eigenvalue weighted by atomic mass is 9.67. The average molecular weight is 244 g/mol. The van der Waals surface area contributed by atoms with Gasteiger partial charge in [0, 0.05) is 10.8 Å². The van der Waals surface area contributed by atoms with Crippen molar-refractivity contribution < 1.29 is 8.76 Å². The topological polar surface area (TPSA) is 43.4 Å². The van der Waals surface area contributed by atoms with Crippen molar-refractivity contribution in [3.05, 3.63) is 0 Å². The van der Waals surface area contributed by atoms with E-state index in [2.05, 4.69) is 19.0 Å². The molecule has 0 amide bonds. The predicted molar refractivity (Wildman–Crippen MR) is 64.9 cm³/mol. The summed E-state index contributed by atoms with van der Waals surface area (Å²) in [7, 11) is 4.17. The molecule has 0 aromatic carbocycles. The third kappa shape index (κ3) is 1.95. The Hall–Kier alpha value is 0.0700. The lowest BCUT2D eigenvalue weighted by Gasteiger charge is -2.53. The highest BCUT2D eigenvalue weighted by Gasteiger charge is 2.48. The van der Waals surface area contributed by atoms with Gasteiger partial charge in [-0.25, -0.2) is 0 Å². The molecule has 2 rings (SSSR count). The van der Waals surface area contributed by atoms with Gasteiger partial charge in [-0.2, -0.15) is 0 Å². The van der Waals surface area contributed by atoms with Crippen LogP contribution in [0.25, 0.3) is 0 Å². The molecule has 3 nitrogen and oxygen atoms in total. The van der Waals surface area contributed by atoms with Crippen molar-refractivity contribution in [3.63, 3.8) is 0 Å². The quantitative estimate of drug-likeness (QED) is 0.697. The molecule has 0 bridgehead atoms. The number of fused-ring (bicyclic) bond motifs is 1. The summed E-state index contributed by atoms with van der Waals surface area (Å²) in [6.45, 7) is 0. The molecule has 4 atom stereocenters. The molecule has 0 heterocycles. The lowest BCUT2D eigenvalue weighted by molar-refractivity contribution is 0.0832. The van der Waals surface area contributed by atoms with E-state index in [-0.39, 0.29) is 0 Å². The Morgan fingerprint density at radius 3 is 2.50 bits per heavy atom. The zero-order valence-electron chi connectivity index (χ0n) is 10.3. The molecule has 2 aliphatic rings. The van der Waals surface area contributed by atoms with Crippen LogP contribution in [0, 0.1) is 5.92 Å². The predicted octanol–water partition coefficient (Wildman–Crippen LogP) is 1.91. The lowest BCUT2D eigenvalue weighted by Crippen LogP contribution is -2.55. The molecule has 2 fully saturated rings. The molecule has 0 aliphatic heterocycles. The third-order valence-electron chi connectivity index (χ3n) is 4.60. The normalized spacial score (nSPS) is 41.8. The first kappa shape index (κ1) is 12.5. The summed E-state index contributed by atoms with van der Waals surface area (Å²) < 4.78 is 22.9. The summed E-state index contributed by atoms with van der Waals surface area (Å²) in [5.41, 5.74) is 0. The Labute approximate surface area is 101 Å². The van der Waals surface area contributed by atoms with Crippen molar-refractivity contribution in [2.45, 2.75) is 55.7 Å². The highest BCUT2D eigenvalue weighted by atomic mass is 32.2. The minimum absolute atomic E-state index is 0.364. The van der Waals surface area contributed by atoms with Crippen molar-refractivity contribution in [1.29, 1.82) is 0 Å². The fourth-order valence-corrected chi connectivity index (χ4v) is 4.95. The van der Waals surface area contributed by atoms with Crippen LogP contribution in [-0.2, 0) is 11.1 Å². The first-order valence-corrected chi connectivity index (χ1v) is 7.41. The molecule has 0 N–H and O–H groups in total. The van der Waals surface area contributed by atoms with Crippen molar-refractivity contribution >= 4 is 11.1 Å². The first-order valence-electron chi connectivity index (χ1n) is 6.34. The van der Waals surface area contributed by atoms with E-state index >= 15 is 0 Å². The van der Waals surface area contributed by atoms with Crippen LogP contribution in [-0.4, -0.2) is 38.5 Å². The highest BCUT2D eigenvalue weighted by molar-refractivity contribution is 7.80. The molecule has 0 aromatic rings. The smallest absolute Gasteiger partial charge is 0.0370 e. The molecule has 94 valence electrons. The summed E-state index contributed by atoms with van der Waals surface area (Å²) in [5.74, 6) is 0.364. The summed E-state index contributed by atoms with van der Waals surface area (Å²) in [6.07, 6.45) is 7.38. The van der Waals surface area contributed by atoms with Gasteiger partial charge < -0.3 is 9.45 Å². The first-order chi connectivity index (χ1) is 7.58. The maximum atomic E-state index is 11.7. The van der Waals surface area contributed by atoms with Gasteiger partial charge in [0.15, 0.2) is 0 Å². The minimum Gasteiger partial charge on any atom is -0.772 e. The van der Waals surface area contributed by atoms with Gasteiger partial charge in [0.1, 0.15) is 0 Å². The number of hydrogen-bond donors (Lipinski definition) is 0. The zero-order chi connectivity index (χ0) is 11.8. The van der Waals surface area contributed by atoms with Crippen LogP contribution in [0.3, 0.4) is 0 Å². The van der Waals surface area contributed by atoms with E-state index in [9.17, 15) is 8.76 Å². The Morgan fingerprint density at radius 2 is 1.88 bits per heavy atom. The van der Waals surface area contributed by atoms with Gasteiger partial charge in [0.25, 0.3) is 0 Å². The van der Waals surface area contributed by atoms with Gasteiger partial charge >= 0.3 is 0 Å². The number of hydrogen-bond acceptors (Lipinski definition) is 3. The largest absolute Gasteiger partial charge is 0.772 e. The summed E-state index contributed by atoms with van der Waals surface area (Å²) >= 11 is -1.90. The molecule has 0 spiro atoms. The molecule has 16 heavy (non-hydrogen) atoms. The molecule has 0 aromatic heterocycles. The number of rotatable bonds is 2. The van der Waals surface area contributed by atoms with Crippen LogP contribution in [0.4, 0.5) is 0 Å². The highest BCUT2D eigenvalue weighted by Crippen LogP contribution is 2.48. The third-order valence-corrected chi connectivity index (χ3v) is 5.98. The van der Waals surface area contributed by atoms with Gasteiger partial charge in [0.05, 0.1) is 0 Å². The van der Waals surface area contributed by atoms with Crippen LogP contribution < -0.4 is 0 Å². The molecule has 4 unspecified atom stereocenters. The van der Waals surface area contributed by atoms with E-state index in [1.807, 2.05) is 0 Å². The maximum absolute atomic E-state index is 11.7. The van der Waals surface area contributed by atoms with Crippen molar-refractivity contribution in [2.24, 2.45) is 5.92 Å². The second-order valence-electron chi connectivity index (χ2n) is 5.57. The molecule has 4 heteroatoms. The van der Waals surface area contributed by atoms with Crippen molar-refractivity contribution in [1.82, 2.24) is 4.90 Å². The SMILES string of the molecule is CN(C)C1CCCC2(S(=O)[O-])CCCCC12. The van der Waals surface area contributed by atoms with Crippen LogP contribution in [0.1, 0.15) is 44.9 Å². The van der Waals surface area contributed by atoms with Crippen LogP contribution in [0.5, 0.6) is 0 Å². The van der Waals surface area contributed by atoms with Gasteiger partial charge in [-0.05, 0) is 56.8 Å². The van der Waals surface area contributed by atoms with Crippen molar-refractivity contribution in [2.75, 3.05) is 14.1 Å². The molecule has 2 saturated carbocycles. The zero-order valence-corrected chi connectivity index (χ0v) is 11.1. The fourth-order valence-electron chi connectivity index (χ4n) is 3.81. The van der Waals surface area contributed by atoms with E-state index in [0.717, 1.165) is 38.5 Å². The van der Waals surface area contributed by atoms with Crippen LogP contribution >= 0.6 is 0 Å². The van der Waals surface area contributed by atoms with E-state index in [4.69, 9.17) is 0 Å². The standard InChI is InChI=1S/C12H23NO2S/c1-13(2)11-7-5-9-12(16(14)15)8-4-3-6-10(11)12/h10-11H,3-9H2,1-2H3,(H,14,15)/p-1. The Bertz CT molecular complexity index is 278. The molecular formula is C12H22NO2S-. The Kier molecular flexibility index (Phi) is 3.72. The molecule has 2 aliphatic carbocycles. The Balaban J connectivity index is 2.27. The van der Waals surface area contributed by atoms with Crippen LogP contribution in [0.15, 0.2) is 0 Å².